The predicted molar refractivity (Wildman–Crippen MR) is 73.5 cm³/mol. The van der Waals surface area contributed by atoms with Crippen molar-refractivity contribution in [1.29, 1.82) is 0 Å². The van der Waals surface area contributed by atoms with Crippen molar-refractivity contribution in [3.8, 4) is 5.75 Å². The molecule has 2 atom stereocenters. The smallest absolute Gasteiger partial charge is 0.166 e. The SMILES string of the molecule is COc1ccccc1C(=O)C[C@H]1CC[C@H](C)C(=O)C1. The molecule has 1 saturated carbocycles. The van der Waals surface area contributed by atoms with Crippen molar-refractivity contribution in [1.82, 2.24) is 0 Å². The van der Waals surface area contributed by atoms with Crippen molar-refractivity contribution in [2.24, 2.45) is 11.8 Å². The second-order valence-corrected chi connectivity index (χ2v) is 5.34. The van der Waals surface area contributed by atoms with Crippen molar-refractivity contribution in [3.63, 3.8) is 0 Å². The Kier molecular flexibility index (Phi) is 4.35. The average molecular weight is 260 g/mol. The normalized spacial score (nSPS) is 23.2. The largest absolute Gasteiger partial charge is 0.496 e. The molecule has 0 heterocycles. The van der Waals surface area contributed by atoms with Gasteiger partial charge < -0.3 is 4.74 Å². The van der Waals surface area contributed by atoms with Gasteiger partial charge in [-0.1, -0.05) is 19.1 Å². The third kappa shape index (κ3) is 3.22. The Labute approximate surface area is 114 Å². The van der Waals surface area contributed by atoms with Crippen LogP contribution in [0.25, 0.3) is 0 Å². The summed E-state index contributed by atoms with van der Waals surface area (Å²) in [4.78, 5) is 24.0. The molecule has 1 aliphatic rings. The van der Waals surface area contributed by atoms with Crippen LogP contribution in [0.2, 0.25) is 0 Å². The fourth-order valence-corrected chi connectivity index (χ4v) is 2.66. The first kappa shape index (κ1) is 13.8. The third-order valence-electron chi connectivity index (χ3n) is 3.93. The van der Waals surface area contributed by atoms with Gasteiger partial charge in [-0.2, -0.15) is 0 Å². The van der Waals surface area contributed by atoms with E-state index in [1.807, 2.05) is 19.1 Å². The van der Waals surface area contributed by atoms with Gasteiger partial charge in [-0.25, -0.2) is 0 Å². The van der Waals surface area contributed by atoms with E-state index < -0.39 is 0 Å². The van der Waals surface area contributed by atoms with E-state index >= 15 is 0 Å². The van der Waals surface area contributed by atoms with Gasteiger partial charge in [-0.05, 0) is 30.9 Å². The molecule has 0 bridgehead atoms. The number of hydrogen-bond acceptors (Lipinski definition) is 3. The molecule has 0 aromatic heterocycles. The molecule has 0 saturated heterocycles. The number of para-hydroxylation sites is 1. The maximum atomic E-state index is 12.3. The van der Waals surface area contributed by atoms with Crippen molar-refractivity contribution in [2.75, 3.05) is 7.11 Å². The summed E-state index contributed by atoms with van der Waals surface area (Å²) in [6, 6.07) is 7.26. The Balaban J connectivity index is 2.03. The molecule has 0 amide bonds. The zero-order valence-electron chi connectivity index (χ0n) is 11.5. The van der Waals surface area contributed by atoms with Crippen LogP contribution in [0.15, 0.2) is 24.3 Å². The van der Waals surface area contributed by atoms with Crippen LogP contribution in [0.3, 0.4) is 0 Å². The molecular weight excluding hydrogens is 240 g/mol. The van der Waals surface area contributed by atoms with Crippen LogP contribution in [0.5, 0.6) is 5.75 Å². The summed E-state index contributed by atoms with van der Waals surface area (Å²) in [5.74, 6) is 1.34. The highest BCUT2D eigenvalue weighted by Crippen LogP contribution is 2.30. The maximum Gasteiger partial charge on any atom is 0.166 e. The van der Waals surface area contributed by atoms with Crippen molar-refractivity contribution in [3.05, 3.63) is 29.8 Å². The Morgan fingerprint density at radius 1 is 1.32 bits per heavy atom. The molecule has 0 spiro atoms. The standard InChI is InChI=1S/C16H20O3/c1-11-7-8-12(9-14(11)17)10-15(18)13-5-3-4-6-16(13)19-2/h3-6,11-12H,7-10H2,1-2H3/t11-,12-/m0/s1. The number of hydrogen-bond donors (Lipinski definition) is 0. The van der Waals surface area contributed by atoms with Crippen molar-refractivity contribution >= 4 is 11.6 Å². The monoisotopic (exact) mass is 260 g/mol. The molecule has 0 unspecified atom stereocenters. The van der Waals surface area contributed by atoms with Crippen LogP contribution in [0, 0.1) is 11.8 Å². The zero-order chi connectivity index (χ0) is 13.8. The van der Waals surface area contributed by atoms with Gasteiger partial charge in [-0.15, -0.1) is 0 Å². The Morgan fingerprint density at radius 3 is 2.74 bits per heavy atom. The molecule has 1 aromatic carbocycles. The van der Waals surface area contributed by atoms with E-state index in [2.05, 4.69) is 0 Å². The lowest BCUT2D eigenvalue weighted by Gasteiger charge is -2.24. The van der Waals surface area contributed by atoms with Gasteiger partial charge in [0.1, 0.15) is 11.5 Å². The molecule has 1 aliphatic carbocycles. The molecule has 2 rings (SSSR count). The van der Waals surface area contributed by atoms with Crippen molar-refractivity contribution in [2.45, 2.75) is 32.6 Å². The van der Waals surface area contributed by atoms with Crippen LogP contribution in [0.4, 0.5) is 0 Å². The highest BCUT2D eigenvalue weighted by atomic mass is 16.5. The van der Waals surface area contributed by atoms with E-state index in [0.29, 0.717) is 29.9 Å². The number of rotatable bonds is 4. The molecule has 0 N–H and O–H groups in total. The van der Waals surface area contributed by atoms with Crippen LogP contribution in [-0.4, -0.2) is 18.7 Å². The number of carbonyl (C=O) groups excluding carboxylic acids is 2. The second kappa shape index (κ2) is 6.00. The summed E-state index contributed by atoms with van der Waals surface area (Å²) in [6.45, 7) is 1.97. The highest BCUT2D eigenvalue weighted by molar-refractivity contribution is 5.99. The molecule has 0 aliphatic heterocycles. The van der Waals surface area contributed by atoms with Gasteiger partial charge in [0, 0.05) is 18.8 Å². The van der Waals surface area contributed by atoms with Gasteiger partial charge in [0.2, 0.25) is 0 Å². The zero-order valence-corrected chi connectivity index (χ0v) is 11.5. The molecule has 1 aromatic rings. The lowest BCUT2D eigenvalue weighted by Crippen LogP contribution is -2.24. The van der Waals surface area contributed by atoms with Gasteiger partial charge >= 0.3 is 0 Å². The molecule has 19 heavy (non-hydrogen) atoms. The van der Waals surface area contributed by atoms with Gasteiger partial charge in [0.25, 0.3) is 0 Å². The molecule has 0 radical (unpaired) electrons. The number of ether oxygens (including phenoxy) is 1. The number of ketones is 2. The summed E-state index contributed by atoms with van der Waals surface area (Å²) in [5.41, 5.74) is 0.621. The minimum Gasteiger partial charge on any atom is -0.496 e. The van der Waals surface area contributed by atoms with E-state index in [0.717, 1.165) is 12.8 Å². The van der Waals surface area contributed by atoms with E-state index in [9.17, 15) is 9.59 Å². The lowest BCUT2D eigenvalue weighted by molar-refractivity contribution is -0.125. The maximum absolute atomic E-state index is 12.3. The first-order valence-electron chi connectivity index (χ1n) is 6.80. The molecule has 3 nitrogen and oxygen atoms in total. The predicted octanol–water partition coefficient (Wildman–Crippen LogP) is 3.27. The summed E-state index contributed by atoms with van der Waals surface area (Å²) < 4.78 is 5.21. The Bertz CT molecular complexity index is 479. The summed E-state index contributed by atoms with van der Waals surface area (Å²) in [6.07, 6.45) is 2.86. The van der Waals surface area contributed by atoms with Crippen LogP contribution >= 0.6 is 0 Å². The fraction of sp³-hybridized carbons (Fsp3) is 0.500. The molecule has 3 heteroatoms. The highest BCUT2D eigenvalue weighted by Gasteiger charge is 2.27. The molecule has 102 valence electrons. The van der Waals surface area contributed by atoms with E-state index in [1.54, 1.807) is 19.2 Å². The van der Waals surface area contributed by atoms with Crippen LogP contribution in [-0.2, 0) is 4.79 Å². The first-order chi connectivity index (χ1) is 9.11. The summed E-state index contributed by atoms with van der Waals surface area (Å²) in [5, 5.41) is 0. The Morgan fingerprint density at radius 2 is 2.05 bits per heavy atom. The number of methoxy groups -OCH3 is 1. The van der Waals surface area contributed by atoms with E-state index in [1.165, 1.54) is 0 Å². The Hall–Kier alpha value is -1.64. The van der Waals surface area contributed by atoms with Gasteiger partial charge in [0.05, 0.1) is 12.7 Å². The summed E-state index contributed by atoms with van der Waals surface area (Å²) >= 11 is 0. The molecular formula is C16H20O3. The number of Topliss-reactive ketones (excluding diaryl/α,β-unsaturated/α-hetero) is 2. The average Bonchev–Trinajstić information content (AvgIpc) is 2.43. The topological polar surface area (TPSA) is 43.4 Å². The lowest BCUT2D eigenvalue weighted by atomic mass is 9.79. The first-order valence-corrected chi connectivity index (χ1v) is 6.80. The van der Waals surface area contributed by atoms with E-state index in [4.69, 9.17) is 4.74 Å². The van der Waals surface area contributed by atoms with Crippen molar-refractivity contribution < 1.29 is 14.3 Å². The quantitative estimate of drug-likeness (QED) is 0.780. The minimum absolute atomic E-state index is 0.0739. The summed E-state index contributed by atoms with van der Waals surface area (Å²) in [7, 11) is 1.57. The number of benzene rings is 1. The second-order valence-electron chi connectivity index (χ2n) is 5.34. The minimum atomic E-state index is 0.0739. The van der Waals surface area contributed by atoms with Crippen LogP contribution in [0.1, 0.15) is 43.0 Å². The number of carbonyl (C=O) groups is 2. The third-order valence-corrected chi connectivity index (χ3v) is 3.93. The van der Waals surface area contributed by atoms with E-state index in [-0.39, 0.29) is 17.6 Å². The van der Waals surface area contributed by atoms with Crippen LogP contribution < -0.4 is 4.74 Å². The van der Waals surface area contributed by atoms with Gasteiger partial charge in [0.15, 0.2) is 5.78 Å². The molecule has 1 fully saturated rings. The fourth-order valence-electron chi connectivity index (χ4n) is 2.66. The van der Waals surface area contributed by atoms with Gasteiger partial charge in [-0.3, -0.25) is 9.59 Å².